The number of rotatable bonds is 5. The quantitative estimate of drug-likeness (QED) is 0.702. The van der Waals surface area contributed by atoms with Crippen molar-refractivity contribution in [1.82, 2.24) is 19.9 Å². The lowest BCUT2D eigenvalue weighted by Gasteiger charge is -2.17. The molecule has 0 aliphatic carbocycles. The Kier molecular flexibility index (Phi) is 5.37. The Bertz CT molecular complexity index is 1040. The van der Waals surface area contributed by atoms with Crippen molar-refractivity contribution >= 4 is 17.5 Å². The van der Waals surface area contributed by atoms with Crippen molar-refractivity contribution in [3.8, 4) is 0 Å². The van der Waals surface area contributed by atoms with Crippen molar-refractivity contribution in [1.29, 1.82) is 0 Å². The highest BCUT2D eigenvalue weighted by molar-refractivity contribution is 6.03. The van der Waals surface area contributed by atoms with Gasteiger partial charge in [0, 0.05) is 18.4 Å². The Balaban J connectivity index is 1.56. The molecule has 0 saturated carbocycles. The standard InChI is InChI=1S/C22H23N5O2/c1-15-7-6-9-16(13-15)25-22(29)20-26-19(18-10-3-5-12-27(18)20)21(28)24-14-17-8-2-4-11-23-17/h2,4,6-9,11,13H,3,5,10,12,14H2,1H3,(H,24,28)(H,25,29). The molecule has 2 N–H and O–H groups in total. The molecule has 3 aromatic rings. The molecular weight excluding hydrogens is 366 g/mol. The van der Waals surface area contributed by atoms with Crippen LogP contribution >= 0.6 is 0 Å². The molecule has 4 rings (SSSR count). The van der Waals surface area contributed by atoms with E-state index in [4.69, 9.17) is 0 Å². The highest BCUT2D eigenvalue weighted by Gasteiger charge is 2.27. The van der Waals surface area contributed by atoms with E-state index in [0.29, 0.717) is 24.5 Å². The molecule has 0 bridgehead atoms. The Morgan fingerprint density at radius 2 is 2.00 bits per heavy atom. The summed E-state index contributed by atoms with van der Waals surface area (Å²) >= 11 is 0. The van der Waals surface area contributed by atoms with Crippen molar-refractivity contribution < 1.29 is 9.59 Å². The lowest BCUT2D eigenvalue weighted by Crippen LogP contribution is -2.25. The number of aryl methyl sites for hydroxylation is 1. The van der Waals surface area contributed by atoms with E-state index in [9.17, 15) is 9.59 Å². The predicted molar refractivity (Wildman–Crippen MR) is 110 cm³/mol. The Morgan fingerprint density at radius 3 is 2.79 bits per heavy atom. The van der Waals surface area contributed by atoms with Gasteiger partial charge in [0.2, 0.25) is 0 Å². The smallest absolute Gasteiger partial charge is 0.291 e. The van der Waals surface area contributed by atoms with Crippen LogP contribution in [0.25, 0.3) is 0 Å². The van der Waals surface area contributed by atoms with Gasteiger partial charge in [-0.3, -0.25) is 14.6 Å². The summed E-state index contributed by atoms with van der Waals surface area (Å²) in [7, 11) is 0. The zero-order valence-corrected chi connectivity index (χ0v) is 16.3. The topological polar surface area (TPSA) is 88.9 Å². The van der Waals surface area contributed by atoms with E-state index in [1.807, 2.05) is 54.0 Å². The van der Waals surface area contributed by atoms with Crippen molar-refractivity contribution in [2.75, 3.05) is 5.32 Å². The van der Waals surface area contributed by atoms with Gasteiger partial charge in [0.25, 0.3) is 11.8 Å². The van der Waals surface area contributed by atoms with Crippen LogP contribution in [0.5, 0.6) is 0 Å². The van der Waals surface area contributed by atoms with E-state index in [1.165, 1.54) is 0 Å². The molecule has 0 saturated heterocycles. The third-order valence-corrected chi connectivity index (χ3v) is 4.97. The lowest BCUT2D eigenvalue weighted by molar-refractivity contribution is 0.0944. The van der Waals surface area contributed by atoms with E-state index in [2.05, 4.69) is 20.6 Å². The van der Waals surface area contributed by atoms with Gasteiger partial charge in [-0.1, -0.05) is 18.2 Å². The molecule has 2 aromatic heterocycles. The van der Waals surface area contributed by atoms with Crippen LogP contribution in [0.1, 0.15) is 50.9 Å². The summed E-state index contributed by atoms with van der Waals surface area (Å²) in [6.45, 7) is 2.97. The van der Waals surface area contributed by atoms with Gasteiger partial charge in [-0.25, -0.2) is 4.98 Å². The second-order valence-corrected chi connectivity index (χ2v) is 7.17. The molecule has 3 heterocycles. The molecule has 1 aromatic carbocycles. The number of hydrogen-bond acceptors (Lipinski definition) is 4. The number of carbonyl (C=O) groups is 2. The molecule has 148 valence electrons. The highest BCUT2D eigenvalue weighted by Crippen LogP contribution is 2.22. The summed E-state index contributed by atoms with van der Waals surface area (Å²) in [5.41, 5.74) is 3.69. The molecule has 29 heavy (non-hydrogen) atoms. The number of hydrogen-bond donors (Lipinski definition) is 2. The molecule has 2 amide bonds. The van der Waals surface area contributed by atoms with Gasteiger partial charge in [-0.2, -0.15) is 0 Å². The molecule has 1 aliphatic heterocycles. The zero-order chi connectivity index (χ0) is 20.2. The number of imidazole rings is 1. The number of benzene rings is 1. The van der Waals surface area contributed by atoms with Gasteiger partial charge in [-0.05, 0) is 56.0 Å². The van der Waals surface area contributed by atoms with Crippen molar-refractivity contribution in [3.05, 3.63) is 77.1 Å². The second kappa shape index (κ2) is 8.26. The average molecular weight is 389 g/mol. The number of anilines is 1. The zero-order valence-electron chi connectivity index (χ0n) is 16.3. The lowest BCUT2D eigenvalue weighted by atomic mass is 10.1. The first-order valence-corrected chi connectivity index (χ1v) is 9.77. The normalized spacial score (nSPS) is 12.9. The fraction of sp³-hybridized carbons (Fsp3) is 0.273. The van der Waals surface area contributed by atoms with E-state index in [1.54, 1.807) is 6.20 Å². The number of pyridine rings is 1. The highest BCUT2D eigenvalue weighted by atomic mass is 16.2. The summed E-state index contributed by atoms with van der Waals surface area (Å²) < 4.78 is 1.88. The SMILES string of the molecule is Cc1cccc(NC(=O)c2nc(C(=O)NCc3ccccn3)c3n2CCCC3)c1. The summed E-state index contributed by atoms with van der Waals surface area (Å²) in [6, 6.07) is 13.2. The van der Waals surface area contributed by atoms with Gasteiger partial charge in [0.05, 0.1) is 17.9 Å². The minimum Gasteiger partial charge on any atom is -0.345 e. The third kappa shape index (κ3) is 4.18. The van der Waals surface area contributed by atoms with Crippen LogP contribution < -0.4 is 10.6 Å². The number of nitrogens with one attached hydrogen (secondary N) is 2. The number of fused-ring (bicyclic) bond motifs is 1. The molecule has 0 radical (unpaired) electrons. The van der Waals surface area contributed by atoms with Gasteiger partial charge < -0.3 is 15.2 Å². The third-order valence-electron chi connectivity index (χ3n) is 4.97. The fourth-order valence-corrected chi connectivity index (χ4v) is 3.57. The maximum atomic E-state index is 12.9. The molecule has 7 heteroatoms. The molecule has 1 aliphatic rings. The Hall–Kier alpha value is -3.48. The van der Waals surface area contributed by atoms with Crippen LogP contribution in [0, 0.1) is 6.92 Å². The maximum absolute atomic E-state index is 12.9. The monoisotopic (exact) mass is 389 g/mol. The summed E-state index contributed by atoms with van der Waals surface area (Å²) in [5.74, 6) is -0.303. The van der Waals surface area contributed by atoms with Crippen LogP contribution in [0.4, 0.5) is 5.69 Å². The number of nitrogens with zero attached hydrogens (tertiary/aromatic N) is 3. The van der Waals surface area contributed by atoms with E-state index < -0.39 is 0 Å². The average Bonchev–Trinajstić information content (AvgIpc) is 3.13. The van der Waals surface area contributed by atoms with Crippen LogP contribution in [-0.2, 0) is 19.5 Å². The summed E-state index contributed by atoms with van der Waals surface area (Å²) in [5, 5.41) is 5.76. The number of amides is 2. The first-order chi connectivity index (χ1) is 14.1. The second-order valence-electron chi connectivity index (χ2n) is 7.17. The maximum Gasteiger partial charge on any atom is 0.291 e. The first kappa shape index (κ1) is 18.9. The molecule has 0 unspecified atom stereocenters. The largest absolute Gasteiger partial charge is 0.345 e. The first-order valence-electron chi connectivity index (χ1n) is 9.77. The fourth-order valence-electron chi connectivity index (χ4n) is 3.57. The van der Waals surface area contributed by atoms with Crippen molar-refractivity contribution in [3.63, 3.8) is 0 Å². The van der Waals surface area contributed by atoms with Gasteiger partial charge in [0.15, 0.2) is 5.82 Å². The molecule has 0 spiro atoms. The minimum atomic E-state index is -0.303. The number of carbonyl (C=O) groups excluding carboxylic acids is 2. The Morgan fingerprint density at radius 1 is 1.10 bits per heavy atom. The predicted octanol–water partition coefficient (Wildman–Crippen LogP) is 3.11. The van der Waals surface area contributed by atoms with Crippen LogP contribution in [0.3, 0.4) is 0 Å². The van der Waals surface area contributed by atoms with Crippen LogP contribution in [0.2, 0.25) is 0 Å². The van der Waals surface area contributed by atoms with Crippen molar-refractivity contribution in [2.45, 2.75) is 39.3 Å². The Labute approximate surface area is 169 Å². The van der Waals surface area contributed by atoms with E-state index in [0.717, 1.165) is 36.2 Å². The van der Waals surface area contributed by atoms with E-state index >= 15 is 0 Å². The molecule has 7 nitrogen and oxygen atoms in total. The minimum absolute atomic E-state index is 0.282. The molecule has 0 atom stereocenters. The van der Waals surface area contributed by atoms with Gasteiger partial charge in [-0.15, -0.1) is 0 Å². The summed E-state index contributed by atoms with van der Waals surface area (Å²) in [6.07, 6.45) is 4.36. The van der Waals surface area contributed by atoms with Gasteiger partial charge in [0.1, 0.15) is 5.69 Å². The molecule has 0 fully saturated rings. The molecular formula is C22H23N5O2. The van der Waals surface area contributed by atoms with Crippen LogP contribution in [0.15, 0.2) is 48.7 Å². The van der Waals surface area contributed by atoms with Crippen LogP contribution in [-0.4, -0.2) is 26.3 Å². The van der Waals surface area contributed by atoms with Crippen molar-refractivity contribution in [2.24, 2.45) is 0 Å². The van der Waals surface area contributed by atoms with E-state index in [-0.39, 0.29) is 17.6 Å². The van der Waals surface area contributed by atoms with Gasteiger partial charge >= 0.3 is 0 Å². The summed E-state index contributed by atoms with van der Waals surface area (Å²) in [4.78, 5) is 34.3. The number of aromatic nitrogens is 3.